The highest BCUT2D eigenvalue weighted by atomic mass is 35.5. The molecule has 0 fully saturated rings. The molecule has 0 aromatic heterocycles. The highest BCUT2D eigenvalue weighted by Gasteiger charge is 2.64. The van der Waals surface area contributed by atoms with Gasteiger partial charge in [0.25, 0.3) is 5.60 Å². The first kappa shape index (κ1) is 20.7. The quantitative estimate of drug-likeness (QED) is 0.342. The van der Waals surface area contributed by atoms with E-state index in [9.17, 15) is 4.79 Å². The summed E-state index contributed by atoms with van der Waals surface area (Å²) in [4.78, 5) is 20.6. The molecule has 3 atom stereocenters. The van der Waals surface area contributed by atoms with Crippen molar-refractivity contribution in [1.82, 2.24) is 0 Å². The summed E-state index contributed by atoms with van der Waals surface area (Å²) in [5.74, 6) is -0.104. The standard InChI is InChI=1S/C29H20ClNO3/c30-22-17-15-20(16-18-22)26-25(19-9-3-1-4-10-19)29(34-31-26)27(32)23-13-7-8-14-24(23)33-28(29)21-11-5-2-6-12-21/h1-18,25,28H. The third kappa shape index (κ3) is 3.14. The number of rotatable bonds is 3. The maximum Gasteiger partial charge on any atom is 0.252 e. The van der Waals surface area contributed by atoms with Gasteiger partial charge >= 0.3 is 0 Å². The molecule has 0 N–H and O–H groups in total. The zero-order valence-corrected chi connectivity index (χ0v) is 18.9. The number of ketones is 1. The van der Waals surface area contributed by atoms with Gasteiger partial charge in [0, 0.05) is 10.6 Å². The van der Waals surface area contributed by atoms with Crippen LogP contribution in [0.2, 0.25) is 5.02 Å². The van der Waals surface area contributed by atoms with Gasteiger partial charge in [-0.1, -0.05) is 102 Å². The van der Waals surface area contributed by atoms with Gasteiger partial charge in [-0.2, -0.15) is 0 Å². The lowest BCUT2D eigenvalue weighted by Crippen LogP contribution is -2.54. The molecule has 0 bridgehead atoms. The number of hydrogen-bond acceptors (Lipinski definition) is 4. The van der Waals surface area contributed by atoms with Gasteiger partial charge in [0.1, 0.15) is 5.75 Å². The predicted octanol–water partition coefficient (Wildman–Crippen LogP) is 6.61. The second kappa shape index (κ2) is 8.15. The van der Waals surface area contributed by atoms with Gasteiger partial charge in [-0.15, -0.1) is 0 Å². The average molecular weight is 466 g/mol. The van der Waals surface area contributed by atoms with Crippen molar-refractivity contribution in [3.05, 3.63) is 136 Å². The smallest absolute Gasteiger partial charge is 0.252 e. The summed E-state index contributed by atoms with van der Waals surface area (Å²) in [5, 5.41) is 5.17. The molecular formula is C29H20ClNO3. The highest BCUT2D eigenvalue weighted by molar-refractivity contribution is 6.30. The number of benzene rings is 4. The minimum atomic E-state index is -1.41. The van der Waals surface area contributed by atoms with Gasteiger partial charge in [-0.25, -0.2) is 0 Å². The molecule has 1 spiro atoms. The van der Waals surface area contributed by atoms with Crippen LogP contribution in [0, 0.1) is 0 Å². The van der Waals surface area contributed by atoms with Crippen molar-refractivity contribution >= 4 is 23.1 Å². The van der Waals surface area contributed by atoms with E-state index in [1.807, 2.05) is 103 Å². The molecule has 2 heterocycles. The maximum absolute atomic E-state index is 14.3. The first-order valence-corrected chi connectivity index (χ1v) is 11.5. The van der Waals surface area contributed by atoms with E-state index in [1.54, 1.807) is 6.07 Å². The fourth-order valence-electron chi connectivity index (χ4n) is 4.94. The van der Waals surface area contributed by atoms with Crippen molar-refractivity contribution in [1.29, 1.82) is 0 Å². The molecule has 5 heteroatoms. The molecule has 0 saturated carbocycles. The van der Waals surface area contributed by atoms with E-state index in [1.165, 1.54) is 0 Å². The summed E-state index contributed by atoms with van der Waals surface area (Å²) in [6.45, 7) is 0. The van der Waals surface area contributed by atoms with Gasteiger partial charge in [-0.05, 0) is 35.4 Å². The van der Waals surface area contributed by atoms with Crippen molar-refractivity contribution < 1.29 is 14.4 Å². The number of para-hydroxylation sites is 1. The molecular weight excluding hydrogens is 446 g/mol. The third-order valence-electron chi connectivity index (χ3n) is 6.49. The number of nitrogens with zero attached hydrogens (tertiary/aromatic N) is 1. The summed E-state index contributed by atoms with van der Waals surface area (Å²) in [7, 11) is 0. The van der Waals surface area contributed by atoms with Gasteiger partial charge in [-0.3, -0.25) is 4.79 Å². The van der Waals surface area contributed by atoms with Crippen LogP contribution in [0.5, 0.6) is 5.75 Å². The van der Waals surface area contributed by atoms with Gasteiger partial charge in [0.15, 0.2) is 6.10 Å². The fraction of sp³-hybridized carbons (Fsp3) is 0.103. The Morgan fingerprint density at radius 2 is 1.35 bits per heavy atom. The molecule has 3 unspecified atom stereocenters. The summed E-state index contributed by atoms with van der Waals surface area (Å²) in [5.41, 5.74) is 2.35. The van der Waals surface area contributed by atoms with E-state index in [0.717, 1.165) is 16.7 Å². The molecule has 2 aliphatic rings. The Bertz CT molecular complexity index is 1390. The number of fused-ring (bicyclic) bond motifs is 1. The monoisotopic (exact) mass is 465 g/mol. The first-order chi connectivity index (χ1) is 16.7. The van der Waals surface area contributed by atoms with Crippen molar-refractivity contribution in [3.63, 3.8) is 0 Å². The zero-order chi connectivity index (χ0) is 23.1. The lowest BCUT2D eigenvalue weighted by Gasteiger charge is -2.42. The highest BCUT2D eigenvalue weighted by Crippen LogP contribution is 2.54. The fourth-order valence-corrected chi connectivity index (χ4v) is 5.07. The Morgan fingerprint density at radius 3 is 2.06 bits per heavy atom. The summed E-state index contributed by atoms with van der Waals surface area (Å²) in [6.07, 6.45) is -0.699. The summed E-state index contributed by atoms with van der Waals surface area (Å²) >= 11 is 6.15. The van der Waals surface area contributed by atoms with Crippen LogP contribution < -0.4 is 4.74 Å². The van der Waals surface area contributed by atoms with E-state index in [4.69, 9.17) is 21.2 Å². The second-order valence-electron chi connectivity index (χ2n) is 8.45. The van der Waals surface area contributed by atoms with Crippen molar-refractivity contribution in [2.75, 3.05) is 0 Å². The number of halogens is 1. The molecule has 6 rings (SSSR count). The average Bonchev–Trinajstić information content (AvgIpc) is 3.29. The molecule has 166 valence electrons. The van der Waals surface area contributed by atoms with Crippen molar-refractivity contribution in [2.45, 2.75) is 17.6 Å². The summed E-state index contributed by atoms with van der Waals surface area (Å²) < 4.78 is 6.54. The van der Waals surface area contributed by atoms with E-state index in [-0.39, 0.29) is 5.78 Å². The maximum atomic E-state index is 14.3. The van der Waals surface area contributed by atoms with Crippen LogP contribution in [-0.2, 0) is 4.84 Å². The third-order valence-corrected chi connectivity index (χ3v) is 6.75. The van der Waals surface area contributed by atoms with Crippen molar-refractivity contribution in [2.24, 2.45) is 5.16 Å². The predicted molar refractivity (Wildman–Crippen MR) is 132 cm³/mol. The summed E-state index contributed by atoms with van der Waals surface area (Å²) in [6, 6.07) is 34.3. The number of ether oxygens (including phenoxy) is 1. The number of carbonyl (C=O) groups is 1. The SMILES string of the molecule is O=C1c2ccccc2OC(c2ccccc2)C12ON=C(c1ccc(Cl)cc1)C2c1ccccc1. The van der Waals surface area contributed by atoms with Gasteiger partial charge in [0.05, 0.1) is 17.2 Å². The molecule has 0 saturated heterocycles. The van der Waals surface area contributed by atoms with Gasteiger partial charge in [0.2, 0.25) is 5.78 Å². The molecule has 0 radical (unpaired) electrons. The first-order valence-electron chi connectivity index (χ1n) is 11.1. The van der Waals surface area contributed by atoms with Crippen molar-refractivity contribution in [3.8, 4) is 5.75 Å². The number of Topliss-reactive ketones (excluding diaryl/α,β-unsaturated/α-hetero) is 1. The molecule has 2 aliphatic heterocycles. The second-order valence-corrected chi connectivity index (χ2v) is 8.88. The lowest BCUT2D eigenvalue weighted by molar-refractivity contribution is -0.0852. The minimum Gasteiger partial charge on any atom is -0.480 e. The van der Waals surface area contributed by atoms with E-state index in [2.05, 4.69) is 5.16 Å². The van der Waals surface area contributed by atoms with Gasteiger partial charge < -0.3 is 9.57 Å². The van der Waals surface area contributed by atoms with Crippen LogP contribution in [0.4, 0.5) is 0 Å². The molecule has 0 aliphatic carbocycles. The Hall–Kier alpha value is -3.89. The topological polar surface area (TPSA) is 47.9 Å². The Morgan fingerprint density at radius 1 is 0.735 bits per heavy atom. The van der Waals surface area contributed by atoms with E-state index < -0.39 is 17.6 Å². The molecule has 34 heavy (non-hydrogen) atoms. The number of oxime groups is 1. The van der Waals surface area contributed by atoms with Crippen LogP contribution in [0.1, 0.15) is 39.1 Å². The van der Waals surface area contributed by atoms with Crippen LogP contribution in [0.3, 0.4) is 0 Å². The van der Waals surface area contributed by atoms with Crippen LogP contribution >= 0.6 is 11.6 Å². The number of carbonyl (C=O) groups excluding carboxylic acids is 1. The normalized spacial score (nSPS) is 23.1. The van der Waals surface area contributed by atoms with E-state index in [0.29, 0.717) is 22.0 Å². The van der Waals surface area contributed by atoms with Crippen LogP contribution in [0.15, 0.2) is 114 Å². The molecule has 0 amide bonds. The lowest BCUT2D eigenvalue weighted by atomic mass is 9.68. The molecule has 4 aromatic rings. The Labute approximate surface area is 202 Å². The largest absolute Gasteiger partial charge is 0.480 e. The minimum absolute atomic E-state index is 0.148. The number of hydrogen-bond donors (Lipinski definition) is 0. The van der Waals surface area contributed by atoms with Crippen LogP contribution in [-0.4, -0.2) is 17.1 Å². The molecule has 4 nitrogen and oxygen atoms in total. The van der Waals surface area contributed by atoms with E-state index >= 15 is 0 Å². The van der Waals surface area contributed by atoms with Crippen LogP contribution in [0.25, 0.3) is 0 Å². The Balaban J connectivity index is 1.60. The Kier molecular flexibility index (Phi) is 4.96. The zero-order valence-electron chi connectivity index (χ0n) is 18.1. The molecule has 4 aromatic carbocycles.